The van der Waals surface area contributed by atoms with Crippen molar-refractivity contribution < 1.29 is 4.42 Å². The molecule has 2 aromatic heterocycles. The Morgan fingerprint density at radius 2 is 2.05 bits per heavy atom. The second-order valence-corrected chi connectivity index (χ2v) is 4.61. The van der Waals surface area contributed by atoms with Gasteiger partial charge in [0.2, 0.25) is 0 Å². The van der Waals surface area contributed by atoms with Crippen molar-refractivity contribution >= 4 is 10.8 Å². The molecule has 2 heterocycles. The number of hydrogen-bond acceptors (Lipinski definition) is 3. The van der Waals surface area contributed by atoms with E-state index in [4.69, 9.17) is 4.42 Å². The van der Waals surface area contributed by atoms with Crippen molar-refractivity contribution in [2.75, 3.05) is 7.05 Å². The molecule has 3 rings (SSSR count). The first kappa shape index (κ1) is 11.9. The molecule has 0 aliphatic heterocycles. The molecule has 0 bridgehead atoms. The van der Waals surface area contributed by atoms with Crippen LogP contribution in [0.5, 0.6) is 0 Å². The first-order valence-electron chi connectivity index (χ1n) is 6.39. The van der Waals surface area contributed by atoms with E-state index >= 15 is 0 Å². The molecule has 0 fully saturated rings. The van der Waals surface area contributed by atoms with Gasteiger partial charge in [0.15, 0.2) is 0 Å². The molecule has 0 radical (unpaired) electrons. The maximum atomic E-state index is 5.95. The summed E-state index contributed by atoms with van der Waals surface area (Å²) in [6.45, 7) is 2.08. The molecule has 0 saturated heterocycles. The SMILES string of the molecule is CNC(C)c1ccc(-c2cccc3cnccc23)o1. The van der Waals surface area contributed by atoms with Crippen LogP contribution >= 0.6 is 0 Å². The number of nitrogens with one attached hydrogen (secondary N) is 1. The molecule has 0 amide bonds. The van der Waals surface area contributed by atoms with Gasteiger partial charge in [0.05, 0.1) is 6.04 Å². The predicted molar refractivity (Wildman–Crippen MR) is 76.9 cm³/mol. The van der Waals surface area contributed by atoms with E-state index in [0.29, 0.717) is 0 Å². The van der Waals surface area contributed by atoms with Crippen molar-refractivity contribution in [3.05, 3.63) is 54.6 Å². The van der Waals surface area contributed by atoms with Gasteiger partial charge in [0.25, 0.3) is 0 Å². The van der Waals surface area contributed by atoms with Crippen molar-refractivity contribution in [3.63, 3.8) is 0 Å². The maximum absolute atomic E-state index is 5.95. The molecule has 3 nitrogen and oxygen atoms in total. The summed E-state index contributed by atoms with van der Waals surface area (Å²) in [6, 6.07) is 12.5. The second-order valence-electron chi connectivity index (χ2n) is 4.61. The summed E-state index contributed by atoms with van der Waals surface area (Å²) in [5.74, 6) is 1.84. The third kappa shape index (κ3) is 2.13. The summed E-state index contributed by atoms with van der Waals surface area (Å²) in [6.07, 6.45) is 3.69. The third-order valence-electron chi connectivity index (χ3n) is 3.43. The summed E-state index contributed by atoms with van der Waals surface area (Å²) in [4.78, 5) is 4.15. The number of aromatic nitrogens is 1. The summed E-state index contributed by atoms with van der Waals surface area (Å²) in [5.41, 5.74) is 1.11. The Balaban J connectivity index is 2.12. The minimum absolute atomic E-state index is 0.213. The number of hydrogen-bond donors (Lipinski definition) is 1. The molecule has 1 atom stereocenters. The molecular formula is C16H16N2O. The Morgan fingerprint density at radius 1 is 1.16 bits per heavy atom. The first-order chi connectivity index (χ1) is 9.29. The fourth-order valence-electron chi connectivity index (χ4n) is 2.21. The Labute approximate surface area is 112 Å². The van der Waals surface area contributed by atoms with Crippen LogP contribution in [-0.2, 0) is 0 Å². The minimum atomic E-state index is 0.213. The van der Waals surface area contributed by atoms with Crippen LogP contribution in [0.15, 0.2) is 53.2 Å². The van der Waals surface area contributed by atoms with E-state index in [1.807, 2.05) is 43.7 Å². The number of pyridine rings is 1. The fraction of sp³-hybridized carbons (Fsp3) is 0.188. The average Bonchev–Trinajstić information content (AvgIpc) is 2.95. The highest BCUT2D eigenvalue weighted by Crippen LogP contribution is 2.30. The van der Waals surface area contributed by atoms with Crippen molar-refractivity contribution in [3.8, 4) is 11.3 Å². The summed E-state index contributed by atoms with van der Waals surface area (Å²) >= 11 is 0. The van der Waals surface area contributed by atoms with E-state index in [1.165, 1.54) is 0 Å². The quantitative estimate of drug-likeness (QED) is 0.771. The summed E-state index contributed by atoms with van der Waals surface area (Å²) in [7, 11) is 1.93. The van der Waals surface area contributed by atoms with Gasteiger partial charge >= 0.3 is 0 Å². The Hall–Kier alpha value is -2.13. The Morgan fingerprint density at radius 3 is 2.89 bits per heavy atom. The lowest BCUT2D eigenvalue weighted by Gasteiger charge is -2.06. The number of benzene rings is 1. The van der Waals surface area contributed by atoms with Gasteiger partial charge in [0, 0.05) is 23.3 Å². The third-order valence-corrected chi connectivity index (χ3v) is 3.43. The number of rotatable bonds is 3. The van der Waals surface area contributed by atoms with E-state index in [-0.39, 0.29) is 6.04 Å². The fourth-order valence-corrected chi connectivity index (χ4v) is 2.21. The van der Waals surface area contributed by atoms with Crippen molar-refractivity contribution in [1.29, 1.82) is 0 Å². The van der Waals surface area contributed by atoms with Gasteiger partial charge in [-0.2, -0.15) is 0 Å². The van der Waals surface area contributed by atoms with Gasteiger partial charge in [0.1, 0.15) is 11.5 Å². The average molecular weight is 252 g/mol. The highest BCUT2D eigenvalue weighted by atomic mass is 16.3. The standard InChI is InChI=1S/C16H16N2O/c1-11(17-2)15-6-7-16(19-15)14-5-3-4-12-10-18-9-8-13(12)14/h3-11,17H,1-2H3. The number of furan rings is 1. The van der Waals surface area contributed by atoms with E-state index in [9.17, 15) is 0 Å². The molecule has 96 valence electrons. The zero-order valence-corrected chi connectivity index (χ0v) is 11.1. The molecule has 1 unspecified atom stereocenters. The summed E-state index contributed by atoms with van der Waals surface area (Å²) < 4.78 is 5.95. The number of fused-ring (bicyclic) bond motifs is 1. The van der Waals surface area contributed by atoms with Gasteiger partial charge in [-0.05, 0) is 37.6 Å². The molecule has 0 aliphatic rings. The highest BCUT2D eigenvalue weighted by molar-refractivity contribution is 5.94. The maximum Gasteiger partial charge on any atom is 0.134 e. The van der Waals surface area contributed by atoms with Crippen molar-refractivity contribution in [2.24, 2.45) is 0 Å². The van der Waals surface area contributed by atoms with Crippen LogP contribution in [0.25, 0.3) is 22.1 Å². The zero-order valence-electron chi connectivity index (χ0n) is 11.1. The molecule has 0 spiro atoms. The zero-order chi connectivity index (χ0) is 13.2. The largest absolute Gasteiger partial charge is 0.459 e. The highest BCUT2D eigenvalue weighted by Gasteiger charge is 2.11. The predicted octanol–water partition coefficient (Wildman–Crippen LogP) is 3.78. The van der Waals surface area contributed by atoms with Gasteiger partial charge in [-0.3, -0.25) is 4.98 Å². The van der Waals surface area contributed by atoms with Gasteiger partial charge in [-0.15, -0.1) is 0 Å². The second kappa shape index (κ2) is 4.86. The van der Waals surface area contributed by atoms with Gasteiger partial charge in [-0.1, -0.05) is 18.2 Å². The van der Waals surface area contributed by atoms with Crippen LogP contribution in [0.1, 0.15) is 18.7 Å². The van der Waals surface area contributed by atoms with Crippen LogP contribution in [0.2, 0.25) is 0 Å². The van der Waals surface area contributed by atoms with Crippen LogP contribution in [0, 0.1) is 0 Å². The van der Waals surface area contributed by atoms with Crippen LogP contribution in [-0.4, -0.2) is 12.0 Å². The van der Waals surface area contributed by atoms with E-state index in [0.717, 1.165) is 27.9 Å². The van der Waals surface area contributed by atoms with Crippen LogP contribution < -0.4 is 5.32 Å². The minimum Gasteiger partial charge on any atom is -0.459 e. The smallest absolute Gasteiger partial charge is 0.134 e. The Kier molecular flexibility index (Phi) is 3.05. The molecule has 3 heteroatoms. The first-order valence-corrected chi connectivity index (χ1v) is 6.39. The molecule has 0 saturated carbocycles. The number of nitrogens with zero attached hydrogens (tertiary/aromatic N) is 1. The normalized spacial score (nSPS) is 12.7. The molecule has 1 N–H and O–H groups in total. The molecule has 1 aromatic carbocycles. The van der Waals surface area contributed by atoms with E-state index in [2.05, 4.69) is 29.4 Å². The molecule has 3 aromatic rings. The van der Waals surface area contributed by atoms with Crippen LogP contribution in [0.3, 0.4) is 0 Å². The Bertz CT molecular complexity index is 697. The molecular weight excluding hydrogens is 236 g/mol. The molecule has 19 heavy (non-hydrogen) atoms. The topological polar surface area (TPSA) is 38.1 Å². The lowest BCUT2D eigenvalue weighted by molar-refractivity contribution is 0.458. The van der Waals surface area contributed by atoms with E-state index in [1.54, 1.807) is 0 Å². The lowest BCUT2D eigenvalue weighted by Crippen LogP contribution is -2.10. The van der Waals surface area contributed by atoms with Crippen molar-refractivity contribution in [1.82, 2.24) is 10.3 Å². The summed E-state index contributed by atoms with van der Waals surface area (Å²) in [5, 5.41) is 5.47. The van der Waals surface area contributed by atoms with Crippen LogP contribution in [0.4, 0.5) is 0 Å². The van der Waals surface area contributed by atoms with Crippen molar-refractivity contribution in [2.45, 2.75) is 13.0 Å². The van der Waals surface area contributed by atoms with E-state index < -0.39 is 0 Å². The lowest BCUT2D eigenvalue weighted by atomic mass is 10.1. The van der Waals surface area contributed by atoms with Gasteiger partial charge < -0.3 is 9.73 Å². The van der Waals surface area contributed by atoms with Gasteiger partial charge in [-0.25, -0.2) is 0 Å². The molecule has 0 aliphatic carbocycles. The monoisotopic (exact) mass is 252 g/mol.